The van der Waals surface area contributed by atoms with Gasteiger partial charge in [-0.2, -0.15) is 0 Å². The third-order valence-corrected chi connectivity index (χ3v) is 4.10. The van der Waals surface area contributed by atoms with Gasteiger partial charge in [0.1, 0.15) is 0 Å². The van der Waals surface area contributed by atoms with Crippen LogP contribution < -0.4 is 5.73 Å². The first kappa shape index (κ1) is 11.2. The molecule has 2 heteroatoms. The molecular weight excluding hydrogens is 210 g/mol. The lowest BCUT2D eigenvalue weighted by atomic mass is 9.83. The van der Waals surface area contributed by atoms with E-state index in [0.29, 0.717) is 6.10 Å². The third-order valence-electron chi connectivity index (χ3n) is 4.10. The van der Waals surface area contributed by atoms with Crippen LogP contribution >= 0.6 is 0 Å². The molecule has 1 saturated carbocycles. The lowest BCUT2D eigenvalue weighted by Gasteiger charge is -2.30. The Bertz CT molecular complexity index is 413. The molecule has 0 bridgehead atoms. The first-order chi connectivity index (χ1) is 8.17. The van der Waals surface area contributed by atoms with Crippen LogP contribution in [0.15, 0.2) is 24.3 Å². The van der Waals surface area contributed by atoms with Crippen molar-refractivity contribution in [1.29, 1.82) is 0 Å². The van der Waals surface area contributed by atoms with Crippen molar-refractivity contribution in [3.8, 4) is 0 Å². The second kappa shape index (κ2) is 4.11. The minimum absolute atomic E-state index is 0.130. The average Bonchev–Trinajstić information content (AvgIpc) is 3.03. The van der Waals surface area contributed by atoms with Crippen LogP contribution in [0.1, 0.15) is 30.4 Å². The molecule has 1 aliphatic carbocycles. The molecule has 92 valence electrons. The van der Waals surface area contributed by atoms with Gasteiger partial charge in [0.05, 0.1) is 6.10 Å². The van der Waals surface area contributed by atoms with Gasteiger partial charge < -0.3 is 10.5 Å². The van der Waals surface area contributed by atoms with Crippen LogP contribution in [-0.4, -0.2) is 18.2 Å². The summed E-state index contributed by atoms with van der Waals surface area (Å²) in [6.07, 6.45) is 4.86. The van der Waals surface area contributed by atoms with Gasteiger partial charge in [-0.3, -0.25) is 0 Å². The lowest BCUT2D eigenvalue weighted by Crippen LogP contribution is -2.50. The summed E-state index contributed by atoms with van der Waals surface area (Å²) in [4.78, 5) is 0. The molecule has 1 saturated heterocycles. The summed E-state index contributed by atoms with van der Waals surface area (Å²) in [6, 6.07) is 8.69. The third kappa shape index (κ3) is 2.24. The van der Waals surface area contributed by atoms with E-state index < -0.39 is 0 Å². The van der Waals surface area contributed by atoms with Gasteiger partial charge in [0, 0.05) is 12.1 Å². The van der Waals surface area contributed by atoms with Crippen molar-refractivity contribution in [1.82, 2.24) is 0 Å². The van der Waals surface area contributed by atoms with Crippen LogP contribution in [0, 0.1) is 12.8 Å². The SMILES string of the molecule is Cc1cccc(CC2(N)CCOC2C2CC2)c1. The summed E-state index contributed by atoms with van der Waals surface area (Å²) in [5.41, 5.74) is 9.13. The lowest BCUT2D eigenvalue weighted by molar-refractivity contribution is 0.0626. The average molecular weight is 231 g/mol. The molecule has 0 radical (unpaired) electrons. The Morgan fingerprint density at radius 3 is 2.94 bits per heavy atom. The van der Waals surface area contributed by atoms with Gasteiger partial charge >= 0.3 is 0 Å². The fourth-order valence-electron chi connectivity index (χ4n) is 3.08. The Hall–Kier alpha value is -0.860. The number of ether oxygens (including phenoxy) is 1. The van der Waals surface area contributed by atoms with Gasteiger partial charge in [-0.15, -0.1) is 0 Å². The number of rotatable bonds is 3. The largest absolute Gasteiger partial charge is 0.376 e. The first-order valence-electron chi connectivity index (χ1n) is 6.63. The molecule has 2 atom stereocenters. The molecule has 2 fully saturated rings. The van der Waals surface area contributed by atoms with Gasteiger partial charge in [0.2, 0.25) is 0 Å². The number of benzene rings is 1. The molecule has 2 aliphatic rings. The van der Waals surface area contributed by atoms with Crippen LogP contribution in [0.4, 0.5) is 0 Å². The van der Waals surface area contributed by atoms with Gasteiger partial charge in [-0.05, 0) is 44.1 Å². The minimum atomic E-state index is -0.130. The molecule has 3 rings (SSSR count). The predicted molar refractivity (Wildman–Crippen MR) is 68.9 cm³/mol. The van der Waals surface area contributed by atoms with Crippen LogP contribution in [0.25, 0.3) is 0 Å². The van der Waals surface area contributed by atoms with Crippen LogP contribution in [0.3, 0.4) is 0 Å². The van der Waals surface area contributed by atoms with E-state index in [1.807, 2.05) is 0 Å². The maximum atomic E-state index is 6.60. The monoisotopic (exact) mass is 231 g/mol. The number of nitrogens with two attached hydrogens (primary N) is 1. The molecule has 2 N–H and O–H groups in total. The van der Waals surface area contributed by atoms with Crippen LogP contribution in [0.2, 0.25) is 0 Å². The number of hydrogen-bond donors (Lipinski definition) is 1. The fourth-order valence-corrected chi connectivity index (χ4v) is 3.08. The summed E-state index contributed by atoms with van der Waals surface area (Å²) in [6.45, 7) is 2.97. The normalized spacial score (nSPS) is 32.9. The molecule has 0 amide bonds. The maximum absolute atomic E-state index is 6.60. The molecule has 1 heterocycles. The smallest absolute Gasteiger partial charge is 0.0786 e. The summed E-state index contributed by atoms with van der Waals surface area (Å²) in [7, 11) is 0. The van der Waals surface area contributed by atoms with Crippen molar-refractivity contribution in [3.05, 3.63) is 35.4 Å². The first-order valence-corrected chi connectivity index (χ1v) is 6.63. The maximum Gasteiger partial charge on any atom is 0.0786 e. The molecule has 0 spiro atoms. The van der Waals surface area contributed by atoms with Crippen molar-refractivity contribution in [2.75, 3.05) is 6.61 Å². The molecule has 1 aliphatic heterocycles. The molecule has 17 heavy (non-hydrogen) atoms. The Morgan fingerprint density at radius 1 is 1.41 bits per heavy atom. The van der Waals surface area contributed by atoms with Gasteiger partial charge in [-0.25, -0.2) is 0 Å². The summed E-state index contributed by atoms with van der Waals surface area (Å²) in [5, 5.41) is 0. The zero-order chi connectivity index (χ0) is 11.9. The zero-order valence-electron chi connectivity index (χ0n) is 10.5. The Kier molecular flexibility index (Phi) is 2.72. The standard InChI is InChI=1S/C15H21NO/c1-11-3-2-4-12(9-11)10-15(16)7-8-17-14(15)13-5-6-13/h2-4,9,13-14H,5-8,10,16H2,1H3. The number of hydrogen-bond acceptors (Lipinski definition) is 2. The van der Waals surface area contributed by atoms with Crippen LogP contribution in [-0.2, 0) is 11.2 Å². The minimum Gasteiger partial charge on any atom is -0.376 e. The second-order valence-electron chi connectivity index (χ2n) is 5.78. The second-order valence-corrected chi connectivity index (χ2v) is 5.78. The van der Waals surface area contributed by atoms with Crippen molar-refractivity contribution in [3.63, 3.8) is 0 Å². The molecular formula is C15H21NO. The molecule has 2 unspecified atom stereocenters. The highest BCUT2D eigenvalue weighted by Gasteiger charge is 2.48. The highest BCUT2D eigenvalue weighted by atomic mass is 16.5. The Labute approximate surface area is 103 Å². The van der Waals surface area contributed by atoms with E-state index in [9.17, 15) is 0 Å². The van der Waals surface area contributed by atoms with Gasteiger partial charge in [0.25, 0.3) is 0 Å². The zero-order valence-corrected chi connectivity index (χ0v) is 10.5. The molecule has 2 nitrogen and oxygen atoms in total. The van der Waals surface area contributed by atoms with Crippen molar-refractivity contribution in [2.45, 2.75) is 44.2 Å². The Balaban J connectivity index is 1.78. The highest BCUT2D eigenvalue weighted by molar-refractivity contribution is 5.25. The molecule has 1 aromatic carbocycles. The van der Waals surface area contributed by atoms with Crippen LogP contribution in [0.5, 0.6) is 0 Å². The quantitative estimate of drug-likeness (QED) is 0.867. The van der Waals surface area contributed by atoms with E-state index in [4.69, 9.17) is 10.5 Å². The predicted octanol–water partition coefficient (Wildman–Crippen LogP) is 2.43. The van der Waals surface area contributed by atoms with Gasteiger partial charge in [-0.1, -0.05) is 29.8 Å². The fraction of sp³-hybridized carbons (Fsp3) is 0.600. The molecule has 0 aromatic heterocycles. The van der Waals surface area contributed by atoms with Gasteiger partial charge in [0.15, 0.2) is 0 Å². The van der Waals surface area contributed by atoms with E-state index >= 15 is 0 Å². The van der Waals surface area contributed by atoms with Crippen molar-refractivity contribution >= 4 is 0 Å². The van der Waals surface area contributed by atoms with E-state index in [0.717, 1.165) is 25.4 Å². The van der Waals surface area contributed by atoms with Crippen molar-refractivity contribution in [2.24, 2.45) is 11.7 Å². The van der Waals surface area contributed by atoms with E-state index in [1.165, 1.54) is 24.0 Å². The Morgan fingerprint density at radius 2 is 2.24 bits per heavy atom. The van der Waals surface area contributed by atoms with Crippen molar-refractivity contribution < 1.29 is 4.74 Å². The topological polar surface area (TPSA) is 35.2 Å². The summed E-state index contributed by atoms with van der Waals surface area (Å²) < 4.78 is 5.87. The summed E-state index contributed by atoms with van der Waals surface area (Å²) >= 11 is 0. The highest BCUT2D eigenvalue weighted by Crippen LogP contribution is 2.43. The van der Waals surface area contributed by atoms with E-state index in [1.54, 1.807) is 0 Å². The van der Waals surface area contributed by atoms with E-state index in [-0.39, 0.29) is 5.54 Å². The molecule has 1 aromatic rings. The number of aryl methyl sites for hydroxylation is 1. The summed E-state index contributed by atoms with van der Waals surface area (Å²) in [5.74, 6) is 0.729. The van der Waals surface area contributed by atoms with E-state index in [2.05, 4.69) is 31.2 Å².